The predicted octanol–water partition coefficient (Wildman–Crippen LogP) is 4.85. The minimum Gasteiger partial charge on any atom is -0.456 e. The molecule has 0 bridgehead atoms. The van der Waals surface area contributed by atoms with Crippen LogP contribution in [0.15, 0.2) is 47.4 Å². The fourth-order valence-corrected chi connectivity index (χ4v) is 5.16. The van der Waals surface area contributed by atoms with E-state index in [1.807, 2.05) is 51.1 Å². The monoisotopic (exact) mass is 556 g/mol. The van der Waals surface area contributed by atoms with Crippen LogP contribution in [0.4, 0.5) is 5.82 Å². The van der Waals surface area contributed by atoms with Crippen molar-refractivity contribution in [1.82, 2.24) is 24.6 Å². The Labute approximate surface area is 237 Å². The molecule has 0 saturated carbocycles. The maximum absolute atomic E-state index is 13.2. The number of benzene rings is 2. The normalized spacial score (nSPS) is 11.8. The number of nitrogens with one attached hydrogen (secondary N) is 3. The molecule has 0 saturated heterocycles. The van der Waals surface area contributed by atoms with Crippen LogP contribution in [0.25, 0.3) is 32.9 Å². The molecule has 2 aromatic carbocycles. The standard InChI is InChI=1S/C31H36N6O4/c1-8-33-29(38)23-12-20-22(15-36(7)30(39)26(20)34-23)19-13-24-21(28(32-6)35-37(24)16-31(4,5)40)14-25(19)41-27-17(2)10-9-11-18(27)3/h9-15,34,40H,8,16H2,1-7H3,(H,32,35)(H,33,38). The van der Waals surface area contributed by atoms with Gasteiger partial charge in [0.1, 0.15) is 22.7 Å². The number of aromatic nitrogens is 4. The van der Waals surface area contributed by atoms with Gasteiger partial charge in [-0.15, -0.1) is 0 Å². The number of carbonyl (C=O) groups excluding carboxylic acids is 1. The van der Waals surface area contributed by atoms with Crippen molar-refractivity contribution in [2.45, 2.75) is 46.8 Å². The van der Waals surface area contributed by atoms with E-state index in [1.54, 1.807) is 44.9 Å². The number of anilines is 1. The molecule has 0 radical (unpaired) electrons. The fourth-order valence-electron chi connectivity index (χ4n) is 5.16. The molecule has 5 aromatic rings. The van der Waals surface area contributed by atoms with Crippen molar-refractivity contribution >= 4 is 33.5 Å². The number of para-hydroxylation sites is 1. The van der Waals surface area contributed by atoms with E-state index < -0.39 is 5.60 Å². The molecule has 0 spiro atoms. The van der Waals surface area contributed by atoms with Gasteiger partial charge in [0.2, 0.25) is 0 Å². The second-order valence-corrected chi connectivity index (χ2v) is 11.0. The Kier molecular flexibility index (Phi) is 7.12. The summed E-state index contributed by atoms with van der Waals surface area (Å²) in [6.07, 6.45) is 1.76. The van der Waals surface area contributed by atoms with Gasteiger partial charge in [0, 0.05) is 48.7 Å². The average Bonchev–Trinajstić information content (AvgIpc) is 3.49. The zero-order valence-electron chi connectivity index (χ0n) is 24.5. The smallest absolute Gasteiger partial charge is 0.274 e. The first-order valence-corrected chi connectivity index (χ1v) is 13.6. The number of hydrogen-bond acceptors (Lipinski definition) is 6. The van der Waals surface area contributed by atoms with E-state index >= 15 is 0 Å². The number of hydrogen-bond donors (Lipinski definition) is 4. The lowest BCUT2D eigenvalue weighted by Crippen LogP contribution is -2.26. The number of aliphatic hydroxyl groups is 1. The quantitative estimate of drug-likeness (QED) is 0.216. The Hall–Kier alpha value is -4.57. The van der Waals surface area contributed by atoms with Gasteiger partial charge < -0.3 is 30.0 Å². The molecule has 41 heavy (non-hydrogen) atoms. The van der Waals surface area contributed by atoms with Crippen LogP contribution in [-0.2, 0) is 13.6 Å². The largest absolute Gasteiger partial charge is 0.456 e. The molecule has 3 aromatic heterocycles. The number of aryl methyl sites for hydroxylation is 3. The van der Waals surface area contributed by atoms with Gasteiger partial charge in [-0.05, 0) is 63.9 Å². The highest BCUT2D eigenvalue weighted by atomic mass is 16.5. The van der Waals surface area contributed by atoms with Crippen molar-refractivity contribution in [2.75, 3.05) is 18.9 Å². The van der Waals surface area contributed by atoms with Gasteiger partial charge in [-0.1, -0.05) is 18.2 Å². The Morgan fingerprint density at radius 3 is 2.46 bits per heavy atom. The highest BCUT2D eigenvalue weighted by Gasteiger charge is 2.24. The molecule has 3 heterocycles. The maximum atomic E-state index is 13.2. The van der Waals surface area contributed by atoms with Gasteiger partial charge in [-0.25, -0.2) is 0 Å². The number of aromatic amines is 1. The Bertz CT molecular complexity index is 1830. The SMILES string of the molecule is CCNC(=O)c1cc2c(-c3cc4c(cc3Oc3c(C)cccc3C)c(NC)nn4CC(C)(C)O)cn(C)c(=O)c2[nH]1. The lowest BCUT2D eigenvalue weighted by Gasteiger charge is -2.19. The third kappa shape index (κ3) is 5.18. The first-order valence-electron chi connectivity index (χ1n) is 13.6. The van der Waals surface area contributed by atoms with E-state index in [9.17, 15) is 14.7 Å². The molecule has 5 rings (SSSR count). The van der Waals surface area contributed by atoms with Crippen LogP contribution in [-0.4, -0.2) is 49.5 Å². The molecule has 1 amide bonds. The van der Waals surface area contributed by atoms with E-state index in [4.69, 9.17) is 9.84 Å². The lowest BCUT2D eigenvalue weighted by molar-refractivity contribution is 0.0592. The molecule has 0 atom stereocenters. The van der Waals surface area contributed by atoms with Crippen molar-refractivity contribution in [2.24, 2.45) is 7.05 Å². The highest BCUT2D eigenvalue weighted by Crippen LogP contribution is 2.42. The van der Waals surface area contributed by atoms with Crippen LogP contribution in [0.1, 0.15) is 42.4 Å². The summed E-state index contributed by atoms with van der Waals surface area (Å²) in [6.45, 7) is 10.0. The third-order valence-electron chi connectivity index (χ3n) is 7.08. The minimum atomic E-state index is -1.01. The molecule has 0 fully saturated rings. The summed E-state index contributed by atoms with van der Waals surface area (Å²) in [6, 6.07) is 11.6. The third-order valence-corrected chi connectivity index (χ3v) is 7.08. The highest BCUT2D eigenvalue weighted by molar-refractivity contribution is 6.05. The van der Waals surface area contributed by atoms with Gasteiger partial charge in [-0.2, -0.15) is 5.10 Å². The number of rotatable bonds is 8. The molecule has 214 valence electrons. The van der Waals surface area contributed by atoms with Crippen molar-refractivity contribution in [3.63, 3.8) is 0 Å². The molecular formula is C31H36N6O4. The zero-order chi connectivity index (χ0) is 29.6. The van der Waals surface area contributed by atoms with Crippen LogP contribution >= 0.6 is 0 Å². The summed E-state index contributed by atoms with van der Waals surface area (Å²) in [5.41, 5.74) is 3.52. The predicted molar refractivity (Wildman–Crippen MR) is 162 cm³/mol. The molecule has 0 aliphatic carbocycles. The summed E-state index contributed by atoms with van der Waals surface area (Å²) in [5.74, 6) is 1.66. The topological polar surface area (TPSA) is 126 Å². The summed E-state index contributed by atoms with van der Waals surface area (Å²) >= 11 is 0. The van der Waals surface area contributed by atoms with Gasteiger partial charge in [0.15, 0.2) is 5.82 Å². The van der Waals surface area contributed by atoms with Gasteiger partial charge in [-0.3, -0.25) is 14.3 Å². The number of carbonyl (C=O) groups is 1. The van der Waals surface area contributed by atoms with Crippen LogP contribution < -0.4 is 20.9 Å². The van der Waals surface area contributed by atoms with Gasteiger partial charge >= 0.3 is 0 Å². The lowest BCUT2D eigenvalue weighted by atomic mass is 10.0. The van der Waals surface area contributed by atoms with Crippen molar-refractivity contribution in [1.29, 1.82) is 0 Å². The summed E-state index contributed by atoms with van der Waals surface area (Å²) in [5, 5.41) is 22.7. The molecular weight excluding hydrogens is 520 g/mol. The number of amides is 1. The van der Waals surface area contributed by atoms with E-state index in [2.05, 4.69) is 15.6 Å². The van der Waals surface area contributed by atoms with Crippen molar-refractivity contribution in [3.05, 3.63) is 69.8 Å². The van der Waals surface area contributed by atoms with Crippen LogP contribution in [0.2, 0.25) is 0 Å². The zero-order valence-corrected chi connectivity index (χ0v) is 24.5. The second-order valence-electron chi connectivity index (χ2n) is 11.0. The molecule has 4 N–H and O–H groups in total. The van der Waals surface area contributed by atoms with Crippen molar-refractivity contribution in [3.8, 4) is 22.6 Å². The van der Waals surface area contributed by atoms with E-state index in [0.29, 0.717) is 45.8 Å². The Morgan fingerprint density at radius 2 is 1.83 bits per heavy atom. The maximum Gasteiger partial charge on any atom is 0.274 e. The summed E-state index contributed by atoms with van der Waals surface area (Å²) < 4.78 is 9.93. The van der Waals surface area contributed by atoms with Gasteiger partial charge in [0.05, 0.1) is 17.7 Å². The molecule has 10 heteroatoms. The number of fused-ring (bicyclic) bond motifs is 2. The number of H-pyrrole nitrogens is 1. The minimum absolute atomic E-state index is 0.248. The summed E-state index contributed by atoms with van der Waals surface area (Å²) in [4.78, 5) is 28.9. The number of nitrogens with zero attached hydrogens (tertiary/aromatic N) is 3. The number of ether oxygens (including phenoxy) is 1. The molecule has 0 aliphatic rings. The fraction of sp³-hybridized carbons (Fsp3) is 0.323. The Balaban J connectivity index is 1.85. The Morgan fingerprint density at radius 1 is 1.12 bits per heavy atom. The first-order chi connectivity index (χ1) is 19.4. The molecule has 0 aliphatic heterocycles. The van der Waals surface area contributed by atoms with E-state index in [-0.39, 0.29) is 18.0 Å². The van der Waals surface area contributed by atoms with E-state index in [0.717, 1.165) is 27.8 Å². The van der Waals surface area contributed by atoms with Gasteiger partial charge in [0.25, 0.3) is 11.5 Å². The first kappa shape index (κ1) is 28.0. The van der Waals surface area contributed by atoms with Crippen molar-refractivity contribution < 1.29 is 14.6 Å². The van der Waals surface area contributed by atoms with Crippen LogP contribution in [0.5, 0.6) is 11.5 Å². The van der Waals surface area contributed by atoms with Crippen LogP contribution in [0, 0.1) is 13.8 Å². The molecule has 10 nitrogen and oxygen atoms in total. The van der Waals surface area contributed by atoms with E-state index in [1.165, 1.54) is 4.57 Å². The average molecular weight is 557 g/mol. The molecule has 0 unspecified atom stereocenters. The second kappa shape index (κ2) is 10.4. The number of pyridine rings is 1. The summed E-state index contributed by atoms with van der Waals surface area (Å²) in [7, 11) is 3.48. The van der Waals surface area contributed by atoms with Crippen LogP contribution in [0.3, 0.4) is 0 Å².